The van der Waals surface area contributed by atoms with Gasteiger partial charge >= 0.3 is 11.8 Å². The van der Waals surface area contributed by atoms with Crippen LogP contribution in [-0.2, 0) is 25.0 Å². The largest absolute Gasteiger partial charge is 0.490 e. The smallest absolute Gasteiger partial charge is 0.409 e. The van der Waals surface area contributed by atoms with Crippen LogP contribution in [0, 0.1) is 15.9 Å². The third-order valence-corrected chi connectivity index (χ3v) is 4.12. The summed E-state index contributed by atoms with van der Waals surface area (Å²) in [5.41, 5.74) is 0.961. The number of nitrogens with zero attached hydrogens (tertiary/aromatic N) is 4. The van der Waals surface area contributed by atoms with Crippen LogP contribution >= 0.6 is 0 Å². The second kappa shape index (κ2) is 9.17. The van der Waals surface area contributed by atoms with Crippen LogP contribution in [0.25, 0.3) is 11.4 Å². The van der Waals surface area contributed by atoms with Crippen molar-refractivity contribution in [1.29, 1.82) is 0 Å². The van der Waals surface area contributed by atoms with Gasteiger partial charge in [-0.1, -0.05) is 0 Å². The Labute approximate surface area is 175 Å². The van der Waals surface area contributed by atoms with E-state index in [1.54, 1.807) is 13.1 Å². The highest BCUT2D eigenvalue weighted by Gasteiger charge is 2.23. The van der Waals surface area contributed by atoms with Gasteiger partial charge in [-0.25, -0.2) is 14.2 Å². The van der Waals surface area contributed by atoms with Gasteiger partial charge in [-0.05, 0) is 35.4 Å². The predicted molar refractivity (Wildman–Crippen MR) is 106 cm³/mol. The fourth-order valence-corrected chi connectivity index (χ4v) is 2.95. The first-order valence-corrected chi connectivity index (χ1v) is 8.85. The number of anilines is 1. The molecule has 0 spiro atoms. The number of benzene rings is 2. The van der Waals surface area contributed by atoms with Crippen molar-refractivity contribution in [2.75, 3.05) is 12.4 Å². The highest BCUT2D eigenvalue weighted by molar-refractivity contribution is 5.82. The molecule has 0 saturated carbocycles. The van der Waals surface area contributed by atoms with Crippen LogP contribution in [0.5, 0.6) is 5.75 Å². The normalized spacial score (nSPS) is 10.7. The molecule has 1 amide bonds. The summed E-state index contributed by atoms with van der Waals surface area (Å²) in [5.74, 6) is -0.360. The van der Waals surface area contributed by atoms with Gasteiger partial charge in [0.25, 0.3) is 0 Å². The predicted octanol–water partition coefficient (Wildman–Crippen LogP) is 3.34. The molecule has 11 nitrogen and oxygen atoms in total. The second-order valence-electron chi connectivity index (χ2n) is 6.47. The summed E-state index contributed by atoms with van der Waals surface area (Å²) in [6.45, 7) is -0.0913. The van der Waals surface area contributed by atoms with Gasteiger partial charge < -0.3 is 14.6 Å². The molecule has 0 fully saturated rings. The van der Waals surface area contributed by atoms with E-state index >= 15 is 0 Å². The van der Waals surface area contributed by atoms with E-state index in [-0.39, 0.29) is 36.2 Å². The molecule has 12 heteroatoms. The molecule has 0 aliphatic carbocycles. The number of hydrogen-bond acceptors (Lipinski definition) is 7. The maximum Gasteiger partial charge on any atom is 0.409 e. The summed E-state index contributed by atoms with van der Waals surface area (Å²) in [4.78, 5) is 25.8. The molecule has 0 atom stereocenters. The number of carbonyl (C=O) groups is 1. The van der Waals surface area contributed by atoms with Crippen molar-refractivity contribution >= 4 is 17.5 Å². The van der Waals surface area contributed by atoms with Crippen LogP contribution in [0.3, 0.4) is 0 Å². The molecule has 3 rings (SSSR count). The number of nitro benzene ring substituents is 1. The number of methoxy groups -OCH3 is 1. The van der Waals surface area contributed by atoms with E-state index in [1.807, 2.05) is 0 Å². The van der Waals surface area contributed by atoms with E-state index in [2.05, 4.69) is 15.4 Å². The van der Waals surface area contributed by atoms with Gasteiger partial charge in [-0.15, -0.1) is 0 Å². The van der Waals surface area contributed by atoms with Crippen molar-refractivity contribution in [2.24, 2.45) is 7.05 Å². The first-order valence-electron chi connectivity index (χ1n) is 8.85. The van der Waals surface area contributed by atoms with Crippen LogP contribution in [0.2, 0.25) is 0 Å². The van der Waals surface area contributed by atoms with E-state index in [1.165, 1.54) is 36.3 Å². The highest BCUT2D eigenvalue weighted by atomic mass is 19.1. The Hall–Kier alpha value is -4.06. The number of carboxylic acid groups (broad SMARTS) is 1. The lowest BCUT2D eigenvalue weighted by Gasteiger charge is -2.11. The number of aromatic nitrogens is 3. The molecule has 0 unspecified atom stereocenters. The van der Waals surface area contributed by atoms with Crippen molar-refractivity contribution in [1.82, 2.24) is 14.8 Å². The average Bonchev–Trinajstić information content (AvgIpc) is 3.12. The van der Waals surface area contributed by atoms with Gasteiger partial charge in [-0.3, -0.25) is 20.1 Å². The molecule has 0 bridgehead atoms. The third-order valence-electron chi connectivity index (χ3n) is 4.12. The van der Waals surface area contributed by atoms with Crippen LogP contribution in [0.15, 0.2) is 36.7 Å². The lowest BCUT2D eigenvalue weighted by atomic mass is 10.1. The molecule has 0 radical (unpaired) electrons. The number of aryl methyl sites for hydroxylation is 1. The van der Waals surface area contributed by atoms with Crippen LogP contribution in [-0.4, -0.2) is 38.0 Å². The maximum absolute atomic E-state index is 13.7. The Bertz CT molecular complexity index is 1130. The molecular formula is C19H18FN5O6. The minimum absolute atomic E-state index is 0.0227. The molecule has 2 N–H and O–H groups in total. The van der Waals surface area contributed by atoms with E-state index < -0.39 is 16.8 Å². The molecule has 162 valence electrons. The molecule has 0 saturated heterocycles. The third kappa shape index (κ3) is 5.30. The molecule has 3 aromatic rings. The fourth-order valence-electron chi connectivity index (χ4n) is 2.95. The quantitative estimate of drug-likeness (QED) is 0.408. The summed E-state index contributed by atoms with van der Waals surface area (Å²) in [5, 5.41) is 26.5. The summed E-state index contributed by atoms with van der Waals surface area (Å²) in [6.07, 6.45) is 0.134. The first kappa shape index (κ1) is 21.6. The number of ether oxygens (including phenoxy) is 2. The van der Waals surface area contributed by atoms with E-state index in [9.17, 15) is 19.3 Å². The summed E-state index contributed by atoms with van der Waals surface area (Å²) in [6, 6.07) is 6.60. The summed E-state index contributed by atoms with van der Waals surface area (Å²) < 4.78 is 26.0. The van der Waals surface area contributed by atoms with Crippen molar-refractivity contribution in [3.8, 4) is 17.1 Å². The van der Waals surface area contributed by atoms with E-state index in [0.717, 1.165) is 6.07 Å². The monoisotopic (exact) mass is 431 g/mol. The van der Waals surface area contributed by atoms with Crippen molar-refractivity contribution < 1.29 is 28.7 Å². The van der Waals surface area contributed by atoms with Gasteiger partial charge in [0, 0.05) is 18.8 Å². The zero-order chi connectivity index (χ0) is 22.5. The first-order chi connectivity index (χ1) is 14.8. The maximum atomic E-state index is 13.7. The van der Waals surface area contributed by atoms with E-state index in [4.69, 9.17) is 14.6 Å². The minimum atomic E-state index is -1.32. The van der Waals surface area contributed by atoms with Gasteiger partial charge in [0.15, 0.2) is 5.82 Å². The molecular weight excluding hydrogens is 413 g/mol. The average molecular weight is 431 g/mol. The number of hydrogen-bond donors (Lipinski definition) is 2. The van der Waals surface area contributed by atoms with E-state index in [0.29, 0.717) is 16.7 Å². The fraction of sp³-hybridized carbons (Fsp3) is 0.211. The van der Waals surface area contributed by atoms with Crippen LogP contribution in [0.4, 0.5) is 20.6 Å². The van der Waals surface area contributed by atoms with Gasteiger partial charge in [0.1, 0.15) is 12.1 Å². The molecule has 31 heavy (non-hydrogen) atoms. The minimum Gasteiger partial charge on any atom is -0.490 e. The SMILES string of the molecule is COc1c(-c2ncn(C)n2)cc(COCc2cc(F)cc(NC(=O)O)c2)cc1[N+](=O)[O-]. The van der Waals surface area contributed by atoms with Gasteiger partial charge in [0.05, 0.1) is 30.8 Å². The Morgan fingerprint density at radius 2 is 1.97 bits per heavy atom. The Balaban J connectivity index is 1.83. The lowest BCUT2D eigenvalue weighted by Crippen LogP contribution is -2.08. The standard InChI is InChI=1S/C19H18FN5O6/c1-24-10-21-18(23-24)15-5-12(6-16(25(28)29)17(15)30-2)9-31-8-11-3-13(20)7-14(4-11)22-19(26)27/h3-7,10,22H,8-9H2,1-2H3,(H,26,27). The van der Waals surface area contributed by atoms with Crippen LogP contribution < -0.4 is 10.1 Å². The van der Waals surface area contributed by atoms with Crippen LogP contribution in [0.1, 0.15) is 11.1 Å². The molecule has 0 aliphatic heterocycles. The Morgan fingerprint density at radius 1 is 1.26 bits per heavy atom. The topological polar surface area (TPSA) is 142 Å². The van der Waals surface area contributed by atoms with Crippen molar-refractivity contribution in [2.45, 2.75) is 13.2 Å². The highest BCUT2D eigenvalue weighted by Crippen LogP contribution is 2.37. The number of halogens is 1. The molecule has 0 aliphatic rings. The molecule has 1 aromatic heterocycles. The van der Waals surface area contributed by atoms with Gasteiger partial charge in [-0.2, -0.15) is 5.10 Å². The molecule has 1 heterocycles. The van der Waals surface area contributed by atoms with Gasteiger partial charge in [0.2, 0.25) is 5.75 Å². The molecule has 2 aromatic carbocycles. The Kier molecular flexibility index (Phi) is 6.40. The number of nitrogens with one attached hydrogen (secondary N) is 1. The summed E-state index contributed by atoms with van der Waals surface area (Å²) in [7, 11) is 2.98. The second-order valence-corrected chi connectivity index (χ2v) is 6.47. The van der Waals surface area contributed by atoms with Crippen molar-refractivity contribution in [3.63, 3.8) is 0 Å². The number of amides is 1. The Morgan fingerprint density at radius 3 is 2.55 bits per heavy atom. The van der Waals surface area contributed by atoms with Crippen molar-refractivity contribution in [3.05, 3.63) is 63.7 Å². The number of rotatable bonds is 8. The summed E-state index contributed by atoms with van der Waals surface area (Å²) >= 11 is 0. The zero-order valence-electron chi connectivity index (χ0n) is 16.5. The lowest BCUT2D eigenvalue weighted by molar-refractivity contribution is -0.385. The number of nitro groups is 1. The zero-order valence-corrected chi connectivity index (χ0v) is 16.5.